The number of carbonyl (C=O) groups is 1. The summed E-state index contributed by atoms with van der Waals surface area (Å²) in [5.74, 6) is -1.25. The van der Waals surface area contributed by atoms with Crippen molar-refractivity contribution in [3.8, 4) is 0 Å². The van der Waals surface area contributed by atoms with Crippen LogP contribution in [0.4, 0.5) is 0 Å². The van der Waals surface area contributed by atoms with E-state index in [2.05, 4.69) is 6.92 Å². The van der Waals surface area contributed by atoms with Gasteiger partial charge in [-0.1, -0.05) is 61.0 Å². The molecule has 1 unspecified atom stereocenters. The Balaban J connectivity index is 2.22. The molecule has 0 aliphatic rings. The third kappa shape index (κ3) is 3.47. The van der Waals surface area contributed by atoms with Crippen LogP contribution in [0.1, 0.15) is 35.1 Å². The van der Waals surface area contributed by atoms with Gasteiger partial charge in [0, 0.05) is 0 Å². The molecule has 2 nitrogen and oxygen atoms in total. The summed E-state index contributed by atoms with van der Waals surface area (Å²) in [4.78, 5) is 11.5. The average Bonchev–Trinajstić information content (AvgIpc) is 2.46. The summed E-state index contributed by atoms with van der Waals surface area (Å²) in [7, 11) is 0. The van der Waals surface area contributed by atoms with E-state index >= 15 is 0 Å². The van der Waals surface area contributed by atoms with Crippen molar-refractivity contribution in [2.45, 2.75) is 32.6 Å². The molecular weight excluding hydrogens is 248 g/mol. The Hall–Kier alpha value is -2.09. The van der Waals surface area contributed by atoms with Gasteiger partial charge in [0.2, 0.25) is 0 Å². The van der Waals surface area contributed by atoms with Crippen molar-refractivity contribution in [2.24, 2.45) is 0 Å². The molecule has 0 amide bonds. The van der Waals surface area contributed by atoms with E-state index in [9.17, 15) is 9.90 Å². The summed E-state index contributed by atoms with van der Waals surface area (Å²) in [6.45, 7) is 4.12. The van der Waals surface area contributed by atoms with Gasteiger partial charge in [0.1, 0.15) is 0 Å². The number of aliphatic carboxylic acids is 1. The number of hydrogen-bond donors (Lipinski definition) is 1. The molecule has 0 aliphatic heterocycles. The van der Waals surface area contributed by atoms with Gasteiger partial charge in [-0.2, -0.15) is 0 Å². The van der Waals surface area contributed by atoms with Crippen LogP contribution in [0.25, 0.3) is 0 Å². The Morgan fingerprint density at radius 3 is 2.05 bits per heavy atom. The van der Waals surface area contributed by atoms with Crippen LogP contribution in [0.15, 0.2) is 48.5 Å². The van der Waals surface area contributed by atoms with E-state index in [1.807, 2.05) is 55.5 Å². The summed E-state index contributed by atoms with van der Waals surface area (Å²) < 4.78 is 0. The molecule has 2 aromatic rings. The smallest absolute Gasteiger partial charge is 0.311 e. The van der Waals surface area contributed by atoms with Crippen LogP contribution in [0, 0.1) is 6.92 Å². The Labute approximate surface area is 120 Å². The zero-order valence-corrected chi connectivity index (χ0v) is 12.0. The minimum Gasteiger partial charge on any atom is -0.481 e. The molecular formula is C18H20O2. The highest BCUT2D eigenvalue weighted by Gasteiger charge is 2.20. The first kappa shape index (κ1) is 14.3. The van der Waals surface area contributed by atoms with Crippen molar-refractivity contribution >= 4 is 5.97 Å². The number of carboxylic acid groups (broad SMARTS) is 1. The molecule has 0 radical (unpaired) electrons. The van der Waals surface area contributed by atoms with Crippen LogP contribution in [0.3, 0.4) is 0 Å². The van der Waals surface area contributed by atoms with Gasteiger partial charge >= 0.3 is 5.97 Å². The van der Waals surface area contributed by atoms with Gasteiger partial charge in [0.15, 0.2) is 0 Å². The highest BCUT2D eigenvalue weighted by Crippen LogP contribution is 2.22. The molecule has 20 heavy (non-hydrogen) atoms. The summed E-state index contributed by atoms with van der Waals surface area (Å²) in [5.41, 5.74) is 4.35. The van der Waals surface area contributed by atoms with Crippen molar-refractivity contribution in [3.63, 3.8) is 0 Å². The predicted molar refractivity (Wildman–Crippen MR) is 81.1 cm³/mol. The number of carboxylic acids is 1. The minimum atomic E-state index is -0.769. The lowest BCUT2D eigenvalue weighted by Gasteiger charge is -2.13. The molecule has 0 saturated heterocycles. The SMILES string of the molecule is CCc1ccc(C(Cc2ccc(C)cc2)C(=O)O)cc1. The van der Waals surface area contributed by atoms with E-state index in [0.717, 1.165) is 17.5 Å². The minimum absolute atomic E-state index is 0.483. The third-order valence-corrected chi connectivity index (χ3v) is 3.65. The molecule has 2 heteroatoms. The lowest BCUT2D eigenvalue weighted by molar-refractivity contribution is -0.138. The van der Waals surface area contributed by atoms with Gasteiger partial charge in [-0.05, 0) is 36.5 Å². The van der Waals surface area contributed by atoms with Gasteiger partial charge in [0.25, 0.3) is 0 Å². The normalized spacial score (nSPS) is 12.1. The Morgan fingerprint density at radius 2 is 1.55 bits per heavy atom. The number of hydrogen-bond acceptors (Lipinski definition) is 1. The topological polar surface area (TPSA) is 37.3 Å². The van der Waals surface area contributed by atoms with Gasteiger partial charge in [-0.25, -0.2) is 0 Å². The Kier molecular flexibility index (Phi) is 4.57. The molecule has 2 aromatic carbocycles. The summed E-state index contributed by atoms with van der Waals surface area (Å²) in [6, 6.07) is 16.0. The first-order chi connectivity index (χ1) is 9.60. The van der Waals surface area contributed by atoms with Crippen LogP contribution in [-0.4, -0.2) is 11.1 Å². The fraction of sp³-hybridized carbons (Fsp3) is 0.278. The molecule has 2 rings (SSSR count). The Bertz CT molecular complexity index is 567. The van der Waals surface area contributed by atoms with Crippen LogP contribution in [0.2, 0.25) is 0 Å². The van der Waals surface area contributed by atoms with Crippen LogP contribution in [0.5, 0.6) is 0 Å². The highest BCUT2D eigenvalue weighted by atomic mass is 16.4. The number of benzene rings is 2. The second kappa shape index (κ2) is 6.38. The van der Waals surface area contributed by atoms with Crippen molar-refractivity contribution in [2.75, 3.05) is 0 Å². The van der Waals surface area contributed by atoms with E-state index in [0.29, 0.717) is 6.42 Å². The van der Waals surface area contributed by atoms with Gasteiger partial charge < -0.3 is 5.11 Å². The molecule has 1 atom stereocenters. The first-order valence-corrected chi connectivity index (χ1v) is 6.97. The van der Waals surface area contributed by atoms with Crippen molar-refractivity contribution < 1.29 is 9.90 Å². The molecule has 1 N–H and O–H groups in total. The van der Waals surface area contributed by atoms with E-state index < -0.39 is 11.9 Å². The predicted octanol–water partition coefficient (Wildman–Crippen LogP) is 3.97. The second-order valence-corrected chi connectivity index (χ2v) is 5.18. The first-order valence-electron chi connectivity index (χ1n) is 6.97. The van der Waals surface area contributed by atoms with E-state index in [1.165, 1.54) is 11.1 Å². The second-order valence-electron chi connectivity index (χ2n) is 5.18. The molecule has 0 heterocycles. The Morgan fingerprint density at radius 1 is 1.00 bits per heavy atom. The zero-order valence-electron chi connectivity index (χ0n) is 12.0. The molecule has 0 fully saturated rings. The van der Waals surface area contributed by atoms with Gasteiger partial charge in [0.05, 0.1) is 5.92 Å². The lowest BCUT2D eigenvalue weighted by atomic mass is 9.91. The quantitative estimate of drug-likeness (QED) is 0.891. The fourth-order valence-corrected chi connectivity index (χ4v) is 2.29. The zero-order chi connectivity index (χ0) is 14.5. The molecule has 0 bridgehead atoms. The number of aryl methyl sites for hydroxylation is 2. The van der Waals surface area contributed by atoms with Gasteiger partial charge in [-0.15, -0.1) is 0 Å². The largest absolute Gasteiger partial charge is 0.481 e. The van der Waals surface area contributed by atoms with Crippen molar-refractivity contribution in [1.29, 1.82) is 0 Å². The fourth-order valence-electron chi connectivity index (χ4n) is 2.29. The summed E-state index contributed by atoms with van der Waals surface area (Å²) in [6.07, 6.45) is 1.50. The third-order valence-electron chi connectivity index (χ3n) is 3.65. The molecule has 0 saturated carbocycles. The van der Waals surface area contributed by atoms with E-state index in [1.54, 1.807) is 0 Å². The van der Waals surface area contributed by atoms with Crippen LogP contribution in [-0.2, 0) is 17.6 Å². The summed E-state index contributed by atoms with van der Waals surface area (Å²) in [5, 5.41) is 9.47. The highest BCUT2D eigenvalue weighted by molar-refractivity contribution is 5.76. The molecule has 0 aliphatic carbocycles. The maximum atomic E-state index is 11.5. The molecule has 104 valence electrons. The maximum absolute atomic E-state index is 11.5. The monoisotopic (exact) mass is 268 g/mol. The van der Waals surface area contributed by atoms with E-state index in [-0.39, 0.29) is 0 Å². The van der Waals surface area contributed by atoms with Crippen LogP contribution >= 0.6 is 0 Å². The van der Waals surface area contributed by atoms with Gasteiger partial charge in [-0.3, -0.25) is 4.79 Å². The van der Waals surface area contributed by atoms with Crippen molar-refractivity contribution in [1.82, 2.24) is 0 Å². The summed E-state index contributed by atoms with van der Waals surface area (Å²) >= 11 is 0. The number of rotatable bonds is 5. The van der Waals surface area contributed by atoms with E-state index in [4.69, 9.17) is 0 Å². The molecule has 0 aromatic heterocycles. The molecule has 0 spiro atoms. The standard InChI is InChI=1S/C18H20O2/c1-3-14-8-10-16(11-9-14)17(18(19)20)12-15-6-4-13(2)5-7-15/h4-11,17H,3,12H2,1-2H3,(H,19,20). The van der Waals surface area contributed by atoms with Crippen LogP contribution < -0.4 is 0 Å². The average molecular weight is 268 g/mol. The lowest BCUT2D eigenvalue weighted by Crippen LogP contribution is -2.14. The van der Waals surface area contributed by atoms with Crippen molar-refractivity contribution in [3.05, 3.63) is 70.8 Å². The maximum Gasteiger partial charge on any atom is 0.311 e.